The van der Waals surface area contributed by atoms with Crippen LogP contribution in [0.25, 0.3) is 27.8 Å². The average molecular weight is 701 g/mol. The van der Waals surface area contributed by atoms with Crippen molar-refractivity contribution in [3.8, 4) is 28.3 Å². The van der Waals surface area contributed by atoms with Gasteiger partial charge in [0.25, 0.3) is 0 Å². The van der Waals surface area contributed by atoms with E-state index in [1.54, 1.807) is 11.1 Å². The Morgan fingerprint density at radius 2 is 1.31 bits per heavy atom. The summed E-state index contributed by atoms with van der Waals surface area (Å²) in [6.07, 6.45) is 4.57. The van der Waals surface area contributed by atoms with Gasteiger partial charge in [0, 0.05) is 28.6 Å². The molecule has 5 aliphatic rings. The first-order valence-electron chi connectivity index (χ1n) is 19.7. The summed E-state index contributed by atoms with van der Waals surface area (Å²) in [6.45, 7) is 21.4. The number of benzene rings is 5. The van der Waals surface area contributed by atoms with Gasteiger partial charge in [-0.15, -0.1) is 0 Å². The van der Waals surface area contributed by atoms with Gasteiger partial charge in [-0.25, -0.2) is 0 Å². The molecule has 1 atom stereocenters. The standard InChI is InChI=1S/C52H48N2/c1-49(2,3)34-17-14-33-22-47(54-48(33)23-34)32-16-19-36-38-25-46-40(27-44(38)51(6,7)42(36)21-32)39-26-43-37(24-45(39)52(46,8)9)35-18-15-31(20-41(35)50(43,4)5)30-12-10-29(28-53)11-13-30/h10-21,23-24,26-27,38H,22,25H2,1-9H3. The largest absolute Gasteiger partial charge is 0.252 e. The quantitative estimate of drug-likeness (QED) is 0.181. The van der Waals surface area contributed by atoms with Gasteiger partial charge in [-0.05, 0) is 132 Å². The lowest BCUT2D eigenvalue weighted by Crippen LogP contribution is -2.22. The summed E-state index contributed by atoms with van der Waals surface area (Å²) in [6, 6.07) is 36.4. The topological polar surface area (TPSA) is 36.1 Å². The third-order valence-electron chi connectivity index (χ3n) is 14.0. The molecule has 0 fully saturated rings. The zero-order chi connectivity index (χ0) is 37.7. The van der Waals surface area contributed by atoms with E-state index in [1.807, 2.05) is 12.1 Å². The Morgan fingerprint density at radius 3 is 2.06 bits per heavy atom. The van der Waals surface area contributed by atoms with Crippen molar-refractivity contribution in [3.05, 3.63) is 164 Å². The van der Waals surface area contributed by atoms with Crippen LogP contribution in [-0.2, 0) is 28.1 Å². The molecule has 10 rings (SSSR count). The fourth-order valence-electron chi connectivity index (χ4n) is 10.6. The molecule has 0 aromatic heterocycles. The van der Waals surface area contributed by atoms with E-state index >= 15 is 0 Å². The molecule has 0 N–H and O–H groups in total. The molecule has 2 nitrogen and oxygen atoms in total. The van der Waals surface area contributed by atoms with E-state index in [2.05, 4.69) is 153 Å². The molecular formula is C52H48N2. The predicted molar refractivity (Wildman–Crippen MR) is 224 cm³/mol. The predicted octanol–water partition coefficient (Wildman–Crippen LogP) is 13.0. The Balaban J connectivity index is 1.01. The maximum absolute atomic E-state index is 9.32. The van der Waals surface area contributed by atoms with Crippen molar-refractivity contribution >= 4 is 17.0 Å². The van der Waals surface area contributed by atoms with Gasteiger partial charge in [0.15, 0.2) is 0 Å². The Kier molecular flexibility index (Phi) is 6.60. The first-order valence-corrected chi connectivity index (χ1v) is 19.7. The van der Waals surface area contributed by atoms with Crippen LogP contribution in [0.1, 0.15) is 130 Å². The summed E-state index contributed by atoms with van der Waals surface area (Å²) in [7, 11) is 0. The first-order chi connectivity index (χ1) is 25.6. The van der Waals surface area contributed by atoms with Gasteiger partial charge in [-0.1, -0.05) is 128 Å². The fraction of sp³-hybridized carbons (Fsp3) is 0.308. The van der Waals surface area contributed by atoms with Crippen LogP contribution in [-0.4, -0.2) is 5.71 Å². The highest BCUT2D eigenvalue weighted by Gasteiger charge is 2.49. The molecule has 0 spiro atoms. The number of rotatable bonds is 2. The molecule has 5 aromatic rings. The van der Waals surface area contributed by atoms with E-state index in [0.717, 1.165) is 24.1 Å². The minimum Gasteiger partial charge on any atom is -0.252 e. The third-order valence-corrected chi connectivity index (χ3v) is 14.0. The number of fused-ring (bicyclic) bond motifs is 9. The molecule has 1 aliphatic heterocycles. The third kappa shape index (κ3) is 4.48. The van der Waals surface area contributed by atoms with E-state index in [1.165, 1.54) is 78.0 Å². The Hall–Kier alpha value is -5.26. The zero-order valence-electron chi connectivity index (χ0n) is 33.1. The molecule has 5 aromatic carbocycles. The lowest BCUT2D eigenvalue weighted by molar-refractivity contribution is 0.561. The molecular weight excluding hydrogens is 653 g/mol. The maximum Gasteiger partial charge on any atom is 0.0991 e. The monoisotopic (exact) mass is 700 g/mol. The number of hydrogen-bond acceptors (Lipinski definition) is 2. The van der Waals surface area contributed by atoms with Crippen LogP contribution < -0.4 is 0 Å². The van der Waals surface area contributed by atoms with Crippen LogP contribution in [0.2, 0.25) is 0 Å². The van der Waals surface area contributed by atoms with E-state index in [4.69, 9.17) is 4.99 Å². The van der Waals surface area contributed by atoms with Gasteiger partial charge < -0.3 is 0 Å². The molecule has 1 heterocycles. The molecule has 54 heavy (non-hydrogen) atoms. The van der Waals surface area contributed by atoms with Crippen molar-refractivity contribution in [2.45, 2.75) is 103 Å². The zero-order valence-corrected chi connectivity index (χ0v) is 33.1. The molecule has 0 bridgehead atoms. The van der Waals surface area contributed by atoms with Crippen molar-refractivity contribution in [1.29, 1.82) is 5.26 Å². The van der Waals surface area contributed by atoms with E-state index in [-0.39, 0.29) is 21.7 Å². The summed E-state index contributed by atoms with van der Waals surface area (Å²) in [5.41, 5.74) is 25.1. The highest BCUT2D eigenvalue weighted by atomic mass is 14.8. The van der Waals surface area contributed by atoms with Crippen LogP contribution in [0.4, 0.5) is 5.69 Å². The lowest BCUT2D eigenvalue weighted by Gasteiger charge is -2.32. The number of allylic oxidation sites excluding steroid dienone is 4. The van der Waals surface area contributed by atoms with Gasteiger partial charge in [0.2, 0.25) is 0 Å². The minimum atomic E-state index is -0.129. The second-order valence-corrected chi connectivity index (χ2v) is 19.1. The van der Waals surface area contributed by atoms with Gasteiger partial charge in [-0.2, -0.15) is 5.26 Å². The average Bonchev–Trinajstić information content (AvgIpc) is 3.81. The van der Waals surface area contributed by atoms with E-state index in [0.29, 0.717) is 11.5 Å². The highest BCUT2D eigenvalue weighted by molar-refractivity contribution is 6.07. The number of nitrogens with zero attached hydrogens (tertiary/aromatic N) is 2. The normalized spacial score (nSPS) is 20.2. The number of nitriles is 1. The second-order valence-electron chi connectivity index (χ2n) is 19.1. The molecule has 0 saturated carbocycles. The van der Waals surface area contributed by atoms with Gasteiger partial charge >= 0.3 is 0 Å². The van der Waals surface area contributed by atoms with Gasteiger partial charge in [-0.3, -0.25) is 4.99 Å². The highest BCUT2D eigenvalue weighted by Crippen LogP contribution is 2.62. The lowest BCUT2D eigenvalue weighted by atomic mass is 9.71. The molecule has 4 aliphatic carbocycles. The summed E-state index contributed by atoms with van der Waals surface area (Å²) in [5, 5.41) is 9.32. The van der Waals surface area contributed by atoms with Crippen LogP contribution in [0.5, 0.6) is 0 Å². The molecule has 0 radical (unpaired) electrons. The fourth-order valence-corrected chi connectivity index (χ4v) is 10.6. The van der Waals surface area contributed by atoms with Gasteiger partial charge in [0.1, 0.15) is 0 Å². The van der Waals surface area contributed by atoms with Gasteiger partial charge in [0.05, 0.1) is 23.0 Å². The van der Waals surface area contributed by atoms with E-state index in [9.17, 15) is 5.26 Å². The SMILES string of the molecule is CC(C)(C)c1ccc2c(c1)N=C(c1ccc3c(c1)C(C)(C)C1=CC4=C(CC13)C(C)(C)c1cc3c(cc14)C(C)(C)c1cc(-c4ccc(C#N)cc4)ccc1-3)C2. The van der Waals surface area contributed by atoms with Crippen LogP contribution >= 0.6 is 0 Å². The number of hydrogen-bond donors (Lipinski definition) is 0. The van der Waals surface area contributed by atoms with Crippen molar-refractivity contribution in [2.75, 3.05) is 0 Å². The van der Waals surface area contributed by atoms with Crippen molar-refractivity contribution in [2.24, 2.45) is 4.99 Å². The van der Waals surface area contributed by atoms with Crippen LogP contribution in [0.15, 0.2) is 113 Å². The Morgan fingerprint density at radius 1 is 0.648 bits per heavy atom. The van der Waals surface area contributed by atoms with Crippen molar-refractivity contribution in [1.82, 2.24) is 0 Å². The van der Waals surface area contributed by atoms with Crippen molar-refractivity contribution < 1.29 is 0 Å². The summed E-state index contributed by atoms with van der Waals surface area (Å²) >= 11 is 0. The summed E-state index contributed by atoms with van der Waals surface area (Å²) in [4.78, 5) is 5.22. The van der Waals surface area contributed by atoms with Crippen molar-refractivity contribution in [3.63, 3.8) is 0 Å². The Labute approximate surface area is 321 Å². The molecule has 1 unspecified atom stereocenters. The summed E-state index contributed by atoms with van der Waals surface area (Å²) in [5.74, 6) is 0.401. The molecule has 266 valence electrons. The number of aliphatic imine (C=N–C) groups is 1. The summed E-state index contributed by atoms with van der Waals surface area (Å²) < 4.78 is 0. The maximum atomic E-state index is 9.32. The van der Waals surface area contributed by atoms with E-state index < -0.39 is 0 Å². The van der Waals surface area contributed by atoms with Crippen LogP contribution in [0, 0.1) is 11.3 Å². The molecule has 2 heteroatoms. The second kappa shape index (κ2) is 10.7. The first kappa shape index (κ1) is 33.3. The molecule has 0 saturated heterocycles. The minimum absolute atomic E-state index is 0.0554. The Bertz CT molecular complexity index is 2650. The molecule has 0 amide bonds. The van der Waals surface area contributed by atoms with Crippen LogP contribution in [0.3, 0.4) is 0 Å². The smallest absolute Gasteiger partial charge is 0.0991 e.